The Kier molecular flexibility index (Phi) is 14.8. The predicted octanol–water partition coefficient (Wildman–Crippen LogP) is 4.46. The molecule has 0 bridgehead atoms. The fourth-order valence-electron chi connectivity index (χ4n) is 2.53. The fourth-order valence-corrected chi connectivity index (χ4v) is 3.53. The zero-order valence-electron chi connectivity index (χ0n) is 18.0. The first-order valence-electron chi connectivity index (χ1n) is 9.87. The summed E-state index contributed by atoms with van der Waals surface area (Å²) in [5, 5.41) is 5.27. The third kappa shape index (κ3) is 10.5. The molecule has 154 valence electrons. The van der Waals surface area contributed by atoms with Crippen molar-refractivity contribution in [1.29, 1.82) is 0 Å². The molecule has 1 N–H and O–H groups in total. The van der Waals surface area contributed by atoms with Crippen LogP contribution in [0.25, 0.3) is 0 Å². The molecule has 4 nitrogen and oxygen atoms in total. The smallest absolute Gasteiger partial charge is 0.246 e. The zero-order valence-corrected chi connectivity index (χ0v) is 18.8. The zero-order chi connectivity index (χ0) is 20.7. The average Bonchev–Trinajstić information content (AvgIpc) is 3.24. The first-order chi connectivity index (χ1) is 13.0. The number of fused-ring (bicyclic) bond motifs is 1. The maximum absolute atomic E-state index is 12.2. The minimum Gasteiger partial charge on any atom is -0.380 e. The van der Waals surface area contributed by atoms with E-state index in [1.165, 1.54) is 10.4 Å². The summed E-state index contributed by atoms with van der Waals surface area (Å²) < 4.78 is 5.33. The second-order valence-electron chi connectivity index (χ2n) is 6.20. The first-order valence-corrected chi connectivity index (χ1v) is 10.8. The largest absolute Gasteiger partial charge is 0.380 e. The van der Waals surface area contributed by atoms with Crippen LogP contribution in [0.4, 0.5) is 0 Å². The highest BCUT2D eigenvalue weighted by atomic mass is 32.1. The van der Waals surface area contributed by atoms with Crippen molar-refractivity contribution in [1.82, 2.24) is 10.2 Å². The molecule has 0 spiro atoms. The number of ether oxygens (including phenoxy) is 1. The van der Waals surface area contributed by atoms with Crippen molar-refractivity contribution < 1.29 is 9.53 Å². The van der Waals surface area contributed by atoms with Crippen LogP contribution in [0.2, 0.25) is 0 Å². The highest BCUT2D eigenvalue weighted by molar-refractivity contribution is 7.10. The van der Waals surface area contributed by atoms with Gasteiger partial charge in [-0.2, -0.15) is 0 Å². The van der Waals surface area contributed by atoms with E-state index in [0.717, 1.165) is 44.7 Å². The van der Waals surface area contributed by atoms with Gasteiger partial charge in [-0.15, -0.1) is 17.9 Å². The van der Waals surface area contributed by atoms with E-state index in [-0.39, 0.29) is 11.9 Å². The second-order valence-corrected chi connectivity index (χ2v) is 7.20. The summed E-state index contributed by atoms with van der Waals surface area (Å²) in [4.78, 5) is 15.8. The molecular formula is C22H38N2O2S. The van der Waals surface area contributed by atoms with Crippen LogP contribution in [0.3, 0.4) is 0 Å². The number of thiophene rings is 1. The predicted molar refractivity (Wildman–Crippen MR) is 119 cm³/mol. The lowest BCUT2D eigenvalue weighted by Crippen LogP contribution is -2.36. The number of hydrogen-bond donors (Lipinski definition) is 1. The monoisotopic (exact) mass is 394 g/mol. The van der Waals surface area contributed by atoms with Crippen LogP contribution in [0, 0.1) is 0 Å². The molecule has 0 saturated carbocycles. The van der Waals surface area contributed by atoms with Crippen molar-refractivity contribution in [2.75, 3.05) is 33.4 Å². The minimum atomic E-state index is 0.0540. The van der Waals surface area contributed by atoms with E-state index in [1.807, 2.05) is 47.7 Å². The molecule has 5 heteroatoms. The molecule has 0 radical (unpaired) electrons. The molecule has 1 atom stereocenters. The van der Waals surface area contributed by atoms with Crippen LogP contribution in [0.5, 0.6) is 0 Å². The number of nitrogens with one attached hydrogen (secondary N) is 1. The summed E-state index contributed by atoms with van der Waals surface area (Å²) in [5.41, 5.74) is 2.19. The molecule has 2 rings (SSSR count). The van der Waals surface area contributed by atoms with Gasteiger partial charge in [0.1, 0.15) is 0 Å². The number of amides is 1. The molecule has 1 heterocycles. The Labute approximate surface area is 170 Å². The summed E-state index contributed by atoms with van der Waals surface area (Å²) >= 11 is 1.79. The normalized spacial score (nSPS) is 15.2. The summed E-state index contributed by atoms with van der Waals surface area (Å²) in [6.07, 6.45) is 5.68. The number of rotatable bonds is 8. The van der Waals surface area contributed by atoms with Crippen LogP contribution in [-0.2, 0) is 22.4 Å². The lowest BCUT2D eigenvalue weighted by atomic mass is 10.2. The van der Waals surface area contributed by atoms with Crippen molar-refractivity contribution in [3.05, 3.63) is 46.2 Å². The van der Waals surface area contributed by atoms with Crippen LogP contribution in [-0.4, -0.2) is 50.2 Å². The van der Waals surface area contributed by atoms with E-state index < -0.39 is 0 Å². The maximum atomic E-state index is 12.2. The molecule has 1 aliphatic rings. The molecule has 0 fully saturated rings. The van der Waals surface area contributed by atoms with Crippen molar-refractivity contribution in [3.8, 4) is 0 Å². The lowest BCUT2D eigenvalue weighted by Gasteiger charge is -2.15. The Morgan fingerprint density at radius 3 is 2.70 bits per heavy atom. The highest BCUT2D eigenvalue weighted by Crippen LogP contribution is 2.27. The van der Waals surface area contributed by atoms with E-state index in [4.69, 9.17) is 4.74 Å². The van der Waals surface area contributed by atoms with Gasteiger partial charge in [0.15, 0.2) is 0 Å². The molecule has 0 aliphatic heterocycles. The number of allylic oxidation sites excluding steroid dienone is 1. The van der Waals surface area contributed by atoms with Crippen molar-refractivity contribution >= 4 is 17.2 Å². The minimum absolute atomic E-state index is 0.0540. The Balaban J connectivity index is 0.00000123. The Hall–Kier alpha value is -1.43. The number of carbonyl (C=O) groups excluding carboxylic acids is 1. The average molecular weight is 395 g/mol. The number of carbonyl (C=O) groups is 1. The van der Waals surface area contributed by atoms with Gasteiger partial charge in [0.25, 0.3) is 0 Å². The van der Waals surface area contributed by atoms with E-state index in [1.54, 1.807) is 17.4 Å². The van der Waals surface area contributed by atoms with Gasteiger partial charge in [0.05, 0.1) is 6.61 Å². The van der Waals surface area contributed by atoms with E-state index in [0.29, 0.717) is 0 Å². The Bertz CT molecular complexity index is 546. The molecule has 27 heavy (non-hydrogen) atoms. The molecule has 0 saturated heterocycles. The first kappa shape index (κ1) is 25.6. The van der Waals surface area contributed by atoms with Gasteiger partial charge < -0.3 is 15.0 Å². The van der Waals surface area contributed by atoms with Gasteiger partial charge in [-0.1, -0.05) is 26.0 Å². The third-order valence-electron chi connectivity index (χ3n) is 3.96. The number of nitrogens with zero attached hydrogens (tertiary/aromatic N) is 1. The number of hydrogen-bond acceptors (Lipinski definition) is 4. The van der Waals surface area contributed by atoms with Gasteiger partial charge in [-0.3, -0.25) is 4.79 Å². The highest BCUT2D eigenvalue weighted by Gasteiger charge is 2.23. The van der Waals surface area contributed by atoms with Gasteiger partial charge in [0, 0.05) is 42.6 Å². The van der Waals surface area contributed by atoms with Crippen LogP contribution in [0.15, 0.2) is 35.8 Å². The summed E-state index contributed by atoms with van der Waals surface area (Å²) in [5.74, 6) is 0.0540. The lowest BCUT2D eigenvalue weighted by molar-refractivity contribution is -0.118. The Morgan fingerprint density at radius 1 is 1.44 bits per heavy atom. The van der Waals surface area contributed by atoms with E-state index >= 15 is 0 Å². The SMILES string of the molecule is C=CC.CC.CCOCCN(C)C/C=C(\C)C(=O)NC1Cc2ccsc2C1. The Morgan fingerprint density at radius 2 is 2.11 bits per heavy atom. The van der Waals surface area contributed by atoms with Crippen molar-refractivity contribution in [2.45, 2.75) is 53.5 Å². The van der Waals surface area contributed by atoms with Crippen LogP contribution >= 0.6 is 11.3 Å². The summed E-state index contributed by atoms with van der Waals surface area (Å²) in [6, 6.07) is 2.43. The van der Waals surface area contributed by atoms with Crippen LogP contribution < -0.4 is 5.32 Å². The summed E-state index contributed by atoms with van der Waals surface area (Å²) in [7, 11) is 2.04. The standard InChI is InChI=1S/C17H26N2O2S.C3H6.C2H6/c1-4-21-9-8-19(3)7-5-13(2)17(20)18-15-11-14-6-10-22-16(14)12-15;1-3-2;1-2/h5-6,10,15H,4,7-9,11-12H2,1-3H3,(H,18,20);3H,1H2,2H3;1-2H3/b13-5+;;. The quantitative estimate of drug-likeness (QED) is 0.402. The molecule has 0 aromatic carbocycles. The van der Waals surface area contributed by atoms with Gasteiger partial charge in [0.2, 0.25) is 5.91 Å². The van der Waals surface area contributed by atoms with Gasteiger partial charge in [-0.05, 0) is 51.2 Å². The van der Waals surface area contributed by atoms with E-state index in [9.17, 15) is 4.79 Å². The van der Waals surface area contributed by atoms with Crippen LogP contribution in [0.1, 0.15) is 45.1 Å². The van der Waals surface area contributed by atoms with Crippen molar-refractivity contribution in [2.24, 2.45) is 0 Å². The molecule has 1 unspecified atom stereocenters. The fraction of sp³-hybridized carbons (Fsp3) is 0.591. The molecular weight excluding hydrogens is 356 g/mol. The summed E-state index contributed by atoms with van der Waals surface area (Å²) in [6.45, 7) is 16.3. The van der Waals surface area contributed by atoms with Gasteiger partial charge >= 0.3 is 0 Å². The third-order valence-corrected chi connectivity index (χ3v) is 4.95. The maximum Gasteiger partial charge on any atom is 0.246 e. The second kappa shape index (κ2) is 15.6. The molecule has 1 aromatic heterocycles. The molecule has 1 aliphatic carbocycles. The van der Waals surface area contributed by atoms with E-state index in [2.05, 4.69) is 28.2 Å². The number of likely N-dealkylation sites (N-methyl/N-ethyl adjacent to an activating group) is 1. The van der Waals surface area contributed by atoms with Gasteiger partial charge in [-0.25, -0.2) is 0 Å². The molecule has 1 aromatic rings. The topological polar surface area (TPSA) is 41.6 Å². The molecule has 1 amide bonds. The van der Waals surface area contributed by atoms with Crippen molar-refractivity contribution in [3.63, 3.8) is 0 Å².